The van der Waals surface area contributed by atoms with Gasteiger partial charge in [0.05, 0.1) is 30.0 Å². The van der Waals surface area contributed by atoms with E-state index in [2.05, 4.69) is 0 Å². The molecule has 0 radical (unpaired) electrons. The first kappa shape index (κ1) is 22.7. The van der Waals surface area contributed by atoms with Crippen LogP contribution in [0.1, 0.15) is 62.3 Å². The van der Waals surface area contributed by atoms with Crippen LogP contribution in [0.15, 0.2) is 0 Å². The van der Waals surface area contributed by atoms with Gasteiger partial charge in [-0.25, -0.2) is 0 Å². The van der Waals surface area contributed by atoms with E-state index in [0.717, 1.165) is 0 Å². The van der Waals surface area contributed by atoms with Crippen molar-refractivity contribution in [2.75, 3.05) is 13.2 Å². The molecule has 3 rings (SSSR count). The Balaban J connectivity index is 2.34. The molecule has 0 aromatic carbocycles. The molecule has 7 nitrogen and oxygen atoms in total. The minimum absolute atomic E-state index is 0.0387. The zero-order valence-electron chi connectivity index (χ0n) is 18.6. The fourth-order valence-electron chi connectivity index (χ4n) is 3.15. The van der Waals surface area contributed by atoms with Gasteiger partial charge in [-0.3, -0.25) is 14.4 Å². The first-order valence-electron chi connectivity index (χ1n) is 9.88. The number of ether oxygens (including phenoxy) is 3. The summed E-state index contributed by atoms with van der Waals surface area (Å²) in [5, 5.41) is 0. The van der Waals surface area contributed by atoms with Crippen molar-refractivity contribution in [3.05, 3.63) is 0 Å². The molecule has 3 heterocycles. The van der Waals surface area contributed by atoms with Gasteiger partial charge in [-0.05, 0) is 41.5 Å². The molecule has 3 fully saturated rings. The first-order chi connectivity index (χ1) is 12.5. The molecule has 2 bridgehead atoms. The maximum atomic E-state index is 12.9. The highest BCUT2D eigenvalue weighted by atomic mass is 16.6. The predicted molar refractivity (Wildman–Crippen MR) is 103 cm³/mol. The van der Waals surface area contributed by atoms with E-state index in [1.54, 1.807) is 46.4 Å². The predicted octanol–water partition coefficient (Wildman–Crippen LogP) is 2.56. The summed E-state index contributed by atoms with van der Waals surface area (Å²) < 4.78 is 17.4. The van der Waals surface area contributed by atoms with E-state index < -0.39 is 46.6 Å². The van der Waals surface area contributed by atoms with E-state index in [0.29, 0.717) is 6.54 Å². The smallest absolute Gasteiger partial charge is 0.311 e. The number of morpholine rings is 1. The molecule has 0 aromatic rings. The largest absolute Gasteiger partial charge is 0.456 e. The molecule has 3 aliphatic heterocycles. The van der Waals surface area contributed by atoms with Crippen LogP contribution in [0, 0.1) is 16.2 Å². The van der Waals surface area contributed by atoms with Crippen molar-refractivity contribution in [1.82, 2.24) is 4.90 Å². The fourth-order valence-corrected chi connectivity index (χ4v) is 3.15. The molecule has 0 aliphatic carbocycles. The molecule has 3 aliphatic rings. The summed E-state index contributed by atoms with van der Waals surface area (Å²) in [5.74, 6) is -0.827. The zero-order chi connectivity index (χ0) is 21.7. The zero-order valence-corrected chi connectivity index (χ0v) is 18.6. The van der Waals surface area contributed by atoms with E-state index in [4.69, 9.17) is 14.2 Å². The summed E-state index contributed by atoms with van der Waals surface area (Å²) in [7, 11) is 0. The quantitative estimate of drug-likeness (QED) is 0.666. The van der Waals surface area contributed by atoms with Crippen LogP contribution in [0.25, 0.3) is 0 Å². The summed E-state index contributed by atoms with van der Waals surface area (Å²) in [6.07, 6.45) is -2.02. The number of piperidine rings is 1. The van der Waals surface area contributed by atoms with Crippen molar-refractivity contribution in [2.24, 2.45) is 16.2 Å². The lowest BCUT2D eigenvalue weighted by Gasteiger charge is -2.53. The third kappa shape index (κ3) is 4.67. The lowest BCUT2D eigenvalue weighted by atomic mass is 9.85. The lowest BCUT2D eigenvalue weighted by Crippen LogP contribution is -2.72. The molecule has 3 saturated heterocycles. The van der Waals surface area contributed by atoms with Gasteiger partial charge in [0.2, 0.25) is 5.91 Å². The molecule has 0 aromatic heterocycles. The van der Waals surface area contributed by atoms with Crippen molar-refractivity contribution in [1.29, 1.82) is 0 Å². The minimum atomic E-state index is -0.753. The normalized spacial score (nSPS) is 28.1. The van der Waals surface area contributed by atoms with Crippen LogP contribution >= 0.6 is 0 Å². The Bertz CT molecular complexity index is 635. The van der Waals surface area contributed by atoms with Crippen LogP contribution in [0.5, 0.6) is 0 Å². The molecule has 0 spiro atoms. The third-order valence-corrected chi connectivity index (χ3v) is 4.94. The van der Waals surface area contributed by atoms with Crippen molar-refractivity contribution in [3.63, 3.8) is 0 Å². The number of hydrogen-bond acceptors (Lipinski definition) is 6. The second kappa shape index (κ2) is 7.32. The van der Waals surface area contributed by atoms with Gasteiger partial charge in [0.1, 0.15) is 6.10 Å². The van der Waals surface area contributed by atoms with E-state index in [9.17, 15) is 14.4 Å². The van der Waals surface area contributed by atoms with E-state index in [1.165, 1.54) is 0 Å². The van der Waals surface area contributed by atoms with Crippen molar-refractivity contribution >= 4 is 17.8 Å². The summed E-state index contributed by atoms with van der Waals surface area (Å²) in [6, 6.07) is -0.485. The molecular formula is C21H35NO6. The molecule has 1 amide bonds. The number of nitrogens with zero attached hydrogens (tertiary/aromatic N) is 1. The highest BCUT2D eigenvalue weighted by molar-refractivity contribution is 5.82. The fraction of sp³-hybridized carbons (Fsp3) is 0.857. The standard InChI is InChI=1S/C21H35NO6/c1-19(2,3)16(23)22-10-13-15(28-18(25)21(7,8)9)14(12(22)11-26-13)27-17(24)20(4,5)6/h12-15H,10-11H2,1-9H3/t12-,13-,14-,15-/m1/s1. The van der Waals surface area contributed by atoms with Gasteiger partial charge in [0.15, 0.2) is 12.2 Å². The Morgan fingerprint density at radius 3 is 1.68 bits per heavy atom. The molecule has 0 N–H and O–H groups in total. The van der Waals surface area contributed by atoms with Crippen LogP contribution in [-0.4, -0.2) is 60.3 Å². The maximum Gasteiger partial charge on any atom is 0.311 e. The van der Waals surface area contributed by atoms with E-state index in [1.807, 2.05) is 20.8 Å². The van der Waals surface area contributed by atoms with E-state index in [-0.39, 0.29) is 18.5 Å². The van der Waals surface area contributed by atoms with Gasteiger partial charge in [0, 0.05) is 5.41 Å². The maximum absolute atomic E-state index is 12.9. The summed E-state index contributed by atoms with van der Waals surface area (Å²) in [6.45, 7) is 16.7. The second-order valence-electron chi connectivity index (χ2n) is 10.9. The molecule has 160 valence electrons. The molecular weight excluding hydrogens is 362 g/mol. The number of amides is 1. The SMILES string of the molecule is CC(C)(C)C(=O)O[C@H]1[C@H](OC(=O)C(C)(C)C)[C@H]2CN(C(=O)C(C)(C)C)[C@@H]1CO2. The number of carbonyl (C=O) groups is 3. The van der Waals surface area contributed by atoms with Crippen molar-refractivity contribution in [3.8, 4) is 0 Å². The Morgan fingerprint density at radius 1 is 0.786 bits per heavy atom. The van der Waals surface area contributed by atoms with Crippen LogP contribution < -0.4 is 0 Å². The Labute approximate surface area is 168 Å². The average Bonchev–Trinajstić information content (AvgIpc) is 2.53. The van der Waals surface area contributed by atoms with Crippen molar-refractivity contribution < 1.29 is 28.6 Å². The highest BCUT2D eigenvalue weighted by Crippen LogP contribution is 2.36. The number of fused-ring (bicyclic) bond motifs is 3. The number of carbonyl (C=O) groups excluding carboxylic acids is 3. The summed E-state index contributed by atoms with van der Waals surface area (Å²) in [5.41, 5.74) is -1.99. The molecule has 0 saturated carbocycles. The third-order valence-electron chi connectivity index (χ3n) is 4.94. The molecule has 7 heteroatoms. The second-order valence-corrected chi connectivity index (χ2v) is 10.9. The topological polar surface area (TPSA) is 82.1 Å². The monoisotopic (exact) mass is 397 g/mol. The number of esters is 2. The average molecular weight is 398 g/mol. The highest BCUT2D eigenvalue weighted by Gasteiger charge is 2.56. The lowest BCUT2D eigenvalue weighted by molar-refractivity contribution is -0.244. The number of hydrogen-bond donors (Lipinski definition) is 0. The summed E-state index contributed by atoms with van der Waals surface area (Å²) >= 11 is 0. The Kier molecular flexibility index (Phi) is 5.92. The summed E-state index contributed by atoms with van der Waals surface area (Å²) in [4.78, 5) is 39.8. The van der Waals surface area contributed by atoms with Gasteiger partial charge < -0.3 is 19.1 Å². The van der Waals surface area contributed by atoms with Gasteiger partial charge in [-0.1, -0.05) is 20.8 Å². The van der Waals surface area contributed by atoms with Crippen LogP contribution in [0.2, 0.25) is 0 Å². The van der Waals surface area contributed by atoms with Crippen LogP contribution in [0.4, 0.5) is 0 Å². The first-order valence-corrected chi connectivity index (χ1v) is 9.88. The van der Waals surface area contributed by atoms with Gasteiger partial charge >= 0.3 is 11.9 Å². The molecule has 28 heavy (non-hydrogen) atoms. The van der Waals surface area contributed by atoms with Gasteiger partial charge in [0.25, 0.3) is 0 Å². The minimum Gasteiger partial charge on any atom is -0.456 e. The van der Waals surface area contributed by atoms with E-state index >= 15 is 0 Å². The molecule has 0 unspecified atom stereocenters. The van der Waals surface area contributed by atoms with Crippen LogP contribution in [-0.2, 0) is 28.6 Å². The van der Waals surface area contributed by atoms with Crippen LogP contribution in [0.3, 0.4) is 0 Å². The number of rotatable bonds is 2. The molecule has 4 atom stereocenters. The van der Waals surface area contributed by atoms with Crippen molar-refractivity contribution in [2.45, 2.75) is 86.7 Å². The Morgan fingerprint density at radius 2 is 1.25 bits per heavy atom. The van der Waals surface area contributed by atoms with Gasteiger partial charge in [-0.15, -0.1) is 0 Å². The Hall–Kier alpha value is -1.63. The van der Waals surface area contributed by atoms with Gasteiger partial charge in [-0.2, -0.15) is 0 Å².